The summed E-state index contributed by atoms with van der Waals surface area (Å²) < 4.78 is 0. The minimum Gasteiger partial charge on any atom is -0.274 e. The second-order valence-electron chi connectivity index (χ2n) is 3.25. The van der Waals surface area contributed by atoms with Crippen LogP contribution in [0.15, 0.2) is 24.3 Å². The van der Waals surface area contributed by atoms with Crippen LogP contribution in [0.3, 0.4) is 0 Å². The van der Waals surface area contributed by atoms with Crippen molar-refractivity contribution in [3.05, 3.63) is 35.5 Å². The Balaban J connectivity index is 2.62. The van der Waals surface area contributed by atoms with Crippen molar-refractivity contribution in [2.45, 2.75) is 13.3 Å². The van der Waals surface area contributed by atoms with Crippen molar-refractivity contribution in [2.24, 2.45) is 0 Å². The van der Waals surface area contributed by atoms with E-state index in [1.807, 2.05) is 18.2 Å². The van der Waals surface area contributed by atoms with Gasteiger partial charge in [0, 0.05) is 5.39 Å². The maximum absolute atomic E-state index is 10.9. The summed E-state index contributed by atoms with van der Waals surface area (Å²) in [5, 5.41) is 7.97. The highest BCUT2D eigenvalue weighted by Crippen LogP contribution is 2.15. The van der Waals surface area contributed by atoms with E-state index in [1.165, 1.54) is 5.56 Å². The lowest BCUT2D eigenvalue weighted by Gasteiger charge is -2.00. The van der Waals surface area contributed by atoms with Crippen molar-refractivity contribution in [3.63, 3.8) is 0 Å². The third kappa shape index (κ3) is 1.97. The highest BCUT2D eigenvalue weighted by atomic mass is 35.5. The molecule has 0 unspecified atom stereocenters. The van der Waals surface area contributed by atoms with Crippen LogP contribution >= 0.6 is 11.6 Å². The maximum atomic E-state index is 10.9. The Kier molecular flexibility index (Phi) is 2.64. The second-order valence-corrected chi connectivity index (χ2v) is 3.59. The van der Waals surface area contributed by atoms with Crippen LogP contribution in [0.5, 0.6) is 0 Å². The van der Waals surface area contributed by atoms with Crippen LogP contribution < -0.4 is 0 Å². The molecule has 0 atom stereocenters. The van der Waals surface area contributed by atoms with Crippen LogP contribution in [0.1, 0.15) is 23.0 Å². The van der Waals surface area contributed by atoms with Gasteiger partial charge in [0.05, 0.1) is 5.52 Å². The molecule has 1 aromatic heterocycles. The molecule has 4 heteroatoms. The average molecular weight is 221 g/mol. The van der Waals surface area contributed by atoms with Gasteiger partial charge in [-0.1, -0.05) is 13.0 Å². The summed E-state index contributed by atoms with van der Waals surface area (Å²) in [6, 6.07) is 7.55. The van der Waals surface area contributed by atoms with Gasteiger partial charge in [0.25, 0.3) is 5.24 Å². The zero-order chi connectivity index (χ0) is 10.8. The first-order valence-electron chi connectivity index (χ1n) is 4.67. The number of halogens is 1. The van der Waals surface area contributed by atoms with Gasteiger partial charge in [-0.25, -0.2) is 0 Å². The first-order chi connectivity index (χ1) is 7.20. The van der Waals surface area contributed by atoms with Crippen LogP contribution in [0.2, 0.25) is 0 Å². The summed E-state index contributed by atoms with van der Waals surface area (Å²) in [6.45, 7) is 2.07. The molecule has 0 fully saturated rings. The molecule has 0 aliphatic carbocycles. The Bertz CT molecular complexity index is 525. The van der Waals surface area contributed by atoms with E-state index in [0.717, 1.165) is 17.3 Å². The molecule has 0 aliphatic heterocycles. The van der Waals surface area contributed by atoms with Gasteiger partial charge in [-0.15, -0.1) is 10.2 Å². The molecule has 0 aliphatic rings. The molecular weight excluding hydrogens is 212 g/mol. The van der Waals surface area contributed by atoms with Gasteiger partial charge in [-0.3, -0.25) is 4.79 Å². The fourth-order valence-electron chi connectivity index (χ4n) is 1.41. The molecule has 1 aromatic carbocycles. The van der Waals surface area contributed by atoms with Gasteiger partial charge in [0.15, 0.2) is 0 Å². The number of nitrogens with zero attached hydrogens (tertiary/aromatic N) is 2. The minimum atomic E-state index is -0.577. The highest BCUT2D eigenvalue weighted by Gasteiger charge is 2.05. The van der Waals surface area contributed by atoms with Crippen molar-refractivity contribution in [1.82, 2.24) is 10.2 Å². The standard InChI is InChI=1S/C11H9ClN2O/c1-2-7-3-4-9-8(5-7)6-10(11(12)15)14-13-9/h3-6H,2H2,1H3. The van der Waals surface area contributed by atoms with E-state index >= 15 is 0 Å². The van der Waals surface area contributed by atoms with Gasteiger partial charge in [0.2, 0.25) is 0 Å². The first kappa shape index (κ1) is 10.1. The van der Waals surface area contributed by atoms with E-state index in [1.54, 1.807) is 6.07 Å². The fraction of sp³-hybridized carbons (Fsp3) is 0.182. The van der Waals surface area contributed by atoms with Crippen molar-refractivity contribution in [3.8, 4) is 0 Å². The van der Waals surface area contributed by atoms with Crippen molar-refractivity contribution in [2.75, 3.05) is 0 Å². The quantitative estimate of drug-likeness (QED) is 0.731. The molecular formula is C11H9ClN2O. The molecule has 0 amide bonds. The number of rotatable bonds is 2. The van der Waals surface area contributed by atoms with Gasteiger partial charge in [-0.05, 0) is 41.8 Å². The zero-order valence-corrected chi connectivity index (χ0v) is 8.95. The smallest absolute Gasteiger partial charge is 0.272 e. The summed E-state index contributed by atoms with van der Waals surface area (Å²) in [6.07, 6.45) is 0.947. The summed E-state index contributed by atoms with van der Waals surface area (Å²) >= 11 is 5.34. The van der Waals surface area contributed by atoms with E-state index in [4.69, 9.17) is 11.6 Å². The normalized spacial score (nSPS) is 10.5. The number of benzene rings is 1. The third-order valence-corrected chi connectivity index (χ3v) is 2.45. The van der Waals surface area contributed by atoms with Gasteiger partial charge in [-0.2, -0.15) is 0 Å². The van der Waals surface area contributed by atoms with E-state index < -0.39 is 5.24 Å². The van der Waals surface area contributed by atoms with Gasteiger partial charge >= 0.3 is 0 Å². The lowest BCUT2D eigenvalue weighted by Crippen LogP contribution is -1.97. The molecule has 2 rings (SSSR count). The number of carbonyl (C=O) groups excluding carboxylic acids is 1. The van der Waals surface area contributed by atoms with Gasteiger partial charge in [0.1, 0.15) is 5.69 Å². The number of hydrogen-bond acceptors (Lipinski definition) is 3. The Morgan fingerprint density at radius 1 is 1.33 bits per heavy atom. The minimum absolute atomic E-state index is 0.192. The van der Waals surface area contributed by atoms with Crippen LogP contribution in [-0.4, -0.2) is 15.4 Å². The monoisotopic (exact) mass is 220 g/mol. The Morgan fingerprint density at radius 2 is 2.13 bits per heavy atom. The predicted octanol–water partition coefficient (Wildman–Crippen LogP) is 2.57. The third-order valence-electron chi connectivity index (χ3n) is 2.26. The Labute approximate surface area is 92.1 Å². The topological polar surface area (TPSA) is 42.9 Å². The van der Waals surface area contributed by atoms with Crippen LogP contribution in [-0.2, 0) is 6.42 Å². The summed E-state index contributed by atoms with van der Waals surface area (Å²) in [4.78, 5) is 10.9. The fourth-order valence-corrected chi connectivity index (χ4v) is 1.50. The van der Waals surface area contributed by atoms with Crippen LogP contribution in [0.25, 0.3) is 10.9 Å². The summed E-state index contributed by atoms with van der Waals surface area (Å²) in [5.41, 5.74) is 2.16. The molecule has 0 radical (unpaired) electrons. The molecule has 0 bridgehead atoms. The molecule has 76 valence electrons. The van der Waals surface area contributed by atoms with Crippen LogP contribution in [0, 0.1) is 0 Å². The Hall–Kier alpha value is -1.48. The van der Waals surface area contributed by atoms with Crippen molar-refractivity contribution < 1.29 is 4.79 Å². The van der Waals surface area contributed by atoms with Crippen molar-refractivity contribution >= 4 is 27.7 Å². The molecule has 15 heavy (non-hydrogen) atoms. The van der Waals surface area contributed by atoms with Crippen LogP contribution in [0.4, 0.5) is 0 Å². The summed E-state index contributed by atoms with van der Waals surface area (Å²) in [7, 11) is 0. The number of hydrogen-bond donors (Lipinski definition) is 0. The van der Waals surface area contributed by atoms with Crippen molar-refractivity contribution in [1.29, 1.82) is 0 Å². The molecule has 3 nitrogen and oxygen atoms in total. The SMILES string of the molecule is CCc1ccc2nnc(C(=O)Cl)cc2c1. The van der Waals surface area contributed by atoms with E-state index in [0.29, 0.717) is 0 Å². The zero-order valence-electron chi connectivity index (χ0n) is 8.20. The number of aryl methyl sites for hydroxylation is 1. The first-order valence-corrected chi connectivity index (χ1v) is 5.04. The molecule has 0 spiro atoms. The van der Waals surface area contributed by atoms with E-state index in [2.05, 4.69) is 17.1 Å². The molecule has 1 heterocycles. The molecule has 0 saturated carbocycles. The molecule has 0 N–H and O–H groups in total. The second kappa shape index (κ2) is 3.95. The van der Waals surface area contributed by atoms with E-state index in [-0.39, 0.29) is 5.69 Å². The molecule has 0 saturated heterocycles. The number of carbonyl (C=O) groups is 1. The largest absolute Gasteiger partial charge is 0.274 e. The maximum Gasteiger partial charge on any atom is 0.272 e. The average Bonchev–Trinajstić information content (AvgIpc) is 2.27. The summed E-state index contributed by atoms with van der Waals surface area (Å²) in [5.74, 6) is 0. The molecule has 2 aromatic rings. The number of fused-ring (bicyclic) bond motifs is 1. The number of aromatic nitrogens is 2. The lowest BCUT2D eigenvalue weighted by atomic mass is 10.1. The van der Waals surface area contributed by atoms with E-state index in [9.17, 15) is 4.79 Å². The predicted molar refractivity (Wildman–Crippen MR) is 59.1 cm³/mol. The Morgan fingerprint density at radius 3 is 2.80 bits per heavy atom. The van der Waals surface area contributed by atoms with Gasteiger partial charge < -0.3 is 0 Å². The highest BCUT2D eigenvalue weighted by molar-refractivity contribution is 6.67. The lowest BCUT2D eigenvalue weighted by molar-refractivity contribution is 0.107.